The average molecular weight is 255 g/mol. The van der Waals surface area contributed by atoms with Crippen molar-refractivity contribution in [2.45, 2.75) is 31.4 Å². The van der Waals surface area contributed by atoms with E-state index in [2.05, 4.69) is 31.4 Å². The van der Waals surface area contributed by atoms with Gasteiger partial charge in [0.05, 0.1) is 5.25 Å². The van der Waals surface area contributed by atoms with Gasteiger partial charge in [-0.25, -0.2) is 0 Å². The molecule has 0 aliphatic carbocycles. The molecule has 1 aromatic heterocycles. The van der Waals surface area contributed by atoms with E-state index >= 15 is 0 Å². The Kier molecular flexibility index (Phi) is 3.60. The van der Waals surface area contributed by atoms with E-state index < -0.39 is 0 Å². The van der Waals surface area contributed by atoms with Gasteiger partial charge in [0, 0.05) is 11.4 Å². The van der Waals surface area contributed by atoms with Gasteiger partial charge in [-0.15, -0.1) is 23.1 Å². The van der Waals surface area contributed by atoms with Gasteiger partial charge >= 0.3 is 0 Å². The maximum absolute atomic E-state index is 12.1. The van der Waals surface area contributed by atoms with E-state index in [9.17, 15) is 4.79 Å². The number of amides is 1. The Balaban J connectivity index is 2.20. The standard InChI is InChI=1S/C12H17NOS2/c1-8(2)7-13-11(14)9(3)16-12(13)10-5-4-6-15-10/h4-6,8-9,12H,7H2,1-3H3/t9-,12+/m1/s1. The summed E-state index contributed by atoms with van der Waals surface area (Å²) in [5.74, 6) is 0.814. The van der Waals surface area contributed by atoms with Crippen LogP contribution in [0.2, 0.25) is 0 Å². The summed E-state index contributed by atoms with van der Waals surface area (Å²) in [6.07, 6.45) is 0. The monoisotopic (exact) mass is 255 g/mol. The summed E-state index contributed by atoms with van der Waals surface area (Å²) < 4.78 is 0. The molecule has 2 atom stereocenters. The number of hydrogen-bond donors (Lipinski definition) is 0. The molecular weight excluding hydrogens is 238 g/mol. The Morgan fingerprint density at radius 3 is 2.81 bits per heavy atom. The molecule has 2 nitrogen and oxygen atoms in total. The molecule has 1 amide bonds. The molecule has 0 unspecified atom stereocenters. The lowest BCUT2D eigenvalue weighted by atomic mass is 10.2. The van der Waals surface area contributed by atoms with Crippen LogP contribution in [0.25, 0.3) is 0 Å². The molecule has 0 bridgehead atoms. The lowest BCUT2D eigenvalue weighted by Gasteiger charge is -2.24. The van der Waals surface area contributed by atoms with Gasteiger partial charge < -0.3 is 4.90 Å². The zero-order valence-corrected chi connectivity index (χ0v) is 11.5. The highest BCUT2D eigenvalue weighted by Gasteiger charge is 2.38. The largest absolute Gasteiger partial charge is 0.325 e. The molecule has 2 heterocycles. The van der Waals surface area contributed by atoms with E-state index in [1.54, 1.807) is 23.1 Å². The van der Waals surface area contributed by atoms with E-state index in [4.69, 9.17) is 0 Å². The van der Waals surface area contributed by atoms with Crippen molar-refractivity contribution in [3.05, 3.63) is 22.4 Å². The van der Waals surface area contributed by atoms with Crippen LogP contribution in [0.1, 0.15) is 31.0 Å². The van der Waals surface area contributed by atoms with Gasteiger partial charge in [-0.05, 0) is 24.3 Å². The van der Waals surface area contributed by atoms with Crippen LogP contribution in [0.4, 0.5) is 0 Å². The van der Waals surface area contributed by atoms with Gasteiger partial charge in [-0.2, -0.15) is 0 Å². The van der Waals surface area contributed by atoms with Crippen LogP contribution in [0.3, 0.4) is 0 Å². The molecular formula is C12H17NOS2. The first kappa shape index (κ1) is 12.0. The molecule has 0 aromatic carbocycles. The fraction of sp³-hybridized carbons (Fsp3) is 0.583. The van der Waals surface area contributed by atoms with E-state index in [1.807, 2.05) is 11.8 Å². The molecule has 1 aromatic rings. The fourth-order valence-electron chi connectivity index (χ4n) is 1.91. The highest BCUT2D eigenvalue weighted by molar-refractivity contribution is 8.01. The summed E-state index contributed by atoms with van der Waals surface area (Å²) in [6.45, 7) is 7.19. The first-order chi connectivity index (χ1) is 7.59. The van der Waals surface area contributed by atoms with Gasteiger partial charge in [-0.3, -0.25) is 4.79 Å². The van der Waals surface area contributed by atoms with Crippen LogP contribution < -0.4 is 0 Å². The Bertz CT molecular complexity index is 361. The van der Waals surface area contributed by atoms with E-state index in [0.29, 0.717) is 5.92 Å². The summed E-state index contributed by atoms with van der Waals surface area (Å²) in [5.41, 5.74) is 0. The van der Waals surface area contributed by atoms with Crippen molar-refractivity contribution in [1.29, 1.82) is 0 Å². The second-order valence-corrected chi connectivity index (χ2v) is 6.94. The van der Waals surface area contributed by atoms with E-state index in [1.165, 1.54) is 4.88 Å². The van der Waals surface area contributed by atoms with Crippen molar-refractivity contribution in [3.63, 3.8) is 0 Å². The number of carbonyl (C=O) groups excluding carboxylic acids is 1. The molecule has 1 aliphatic rings. The molecule has 4 heteroatoms. The Morgan fingerprint density at radius 1 is 1.50 bits per heavy atom. The van der Waals surface area contributed by atoms with Crippen LogP contribution in [0.5, 0.6) is 0 Å². The van der Waals surface area contributed by atoms with E-state index in [-0.39, 0.29) is 16.5 Å². The molecule has 0 spiro atoms. The van der Waals surface area contributed by atoms with Crippen molar-refractivity contribution in [1.82, 2.24) is 4.90 Å². The van der Waals surface area contributed by atoms with Crippen LogP contribution in [0.15, 0.2) is 17.5 Å². The van der Waals surface area contributed by atoms with Crippen molar-refractivity contribution in [2.24, 2.45) is 5.92 Å². The summed E-state index contributed by atoms with van der Waals surface area (Å²) >= 11 is 3.51. The number of hydrogen-bond acceptors (Lipinski definition) is 3. The number of carbonyl (C=O) groups is 1. The summed E-state index contributed by atoms with van der Waals surface area (Å²) in [6, 6.07) is 4.18. The van der Waals surface area contributed by atoms with Crippen LogP contribution in [-0.2, 0) is 4.79 Å². The first-order valence-electron chi connectivity index (χ1n) is 5.59. The molecule has 0 N–H and O–H groups in total. The normalized spacial score (nSPS) is 25.8. The molecule has 0 saturated carbocycles. The number of thiophene rings is 1. The molecule has 1 fully saturated rings. The minimum atomic E-state index is 0.103. The van der Waals surface area contributed by atoms with Crippen LogP contribution in [0, 0.1) is 5.92 Å². The highest BCUT2D eigenvalue weighted by Crippen LogP contribution is 2.44. The fourth-order valence-corrected chi connectivity index (χ4v) is 4.14. The van der Waals surface area contributed by atoms with Crippen molar-refractivity contribution >= 4 is 29.0 Å². The number of thioether (sulfide) groups is 1. The van der Waals surface area contributed by atoms with Crippen LogP contribution in [-0.4, -0.2) is 22.6 Å². The van der Waals surface area contributed by atoms with E-state index in [0.717, 1.165) is 6.54 Å². The molecule has 1 saturated heterocycles. The summed E-state index contributed by atoms with van der Waals surface area (Å²) in [4.78, 5) is 15.4. The van der Waals surface area contributed by atoms with Gasteiger partial charge in [0.2, 0.25) is 5.91 Å². The zero-order chi connectivity index (χ0) is 11.7. The summed E-state index contributed by atoms with van der Waals surface area (Å²) in [7, 11) is 0. The topological polar surface area (TPSA) is 20.3 Å². The third-order valence-corrected chi connectivity index (χ3v) is 5.05. The second-order valence-electron chi connectivity index (χ2n) is 4.53. The third kappa shape index (κ3) is 2.28. The SMILES string of the molecule is CC(C)CN1C(=O)[C@@H](C)S[C@H]1c1cccs1. The number of rotatable bonds is 3. The molecule has 0 radical (unpaired) electrons. The Morgan fingerprint density at radius 2 is 2.25 bits per heavy atom. The van der Waals surface area contributed by atoms with Gasteiger partial charge in [0.15, 0.2) is 0 Å². The second kappa shape index (κ2) is 4.80. The quantitative estimate of drug-likeness (QED) is 0.825. The van der Waals surface area contributed by atoms with Gasteiger partial charge in [0.25, 0.3) is 0 Å². The lowest BCUT2D eigenvalue weighted by molar-refractivity contribution is -0.130. The van der Waals surface area contributed by atoms with Gasteiger partial charge in [0.1, 0.15) is 5.37 Å². The summed E-state index contributed by atoms with van der Waals surface area (Å²) in [5, 5.41) is 2.42. The predicted molar refractivity (Wildman–Crippen MR) is 70.7 cm³/mol. The number of nitrogens with zero attached hydrogens (tertiary/aromatic N) is 1. The molecule has 88 valence electrons. The zero-order valence-electron chi connectivity index (χ0n) is 9.84. The van der Waals surface area contributed by atoms with Crippen molar-refractivity contribution in [3.8, 4) is 0 Å². The first-order valence-corrected chi connectivity index (χ1v) is 7.41. The maximum atomic E-state index is 12.1. The van der Waals surface area contributed by atoms with Crippen molar-refractivity contribution < 1.29 is 4.79 Å². The molecule has 16 heavy (non-hydrogen) atoms. The predicted octanol–water partition coefficient (Wildman–Crippen LogP) is 3.37. The maximum Gasteiger partial charge on any atom is 0.236 e. The van der Waals surface area contributed by atoms with Crippen molar-refractivity contribution in [2.75, 3.05) is 6.54 Å². The Hall–Kier alpha value is -0.480. The minimum absolute atomic E-state index is 0.103. The van der Waals surface area contributed by atoms with Gasteiger partial charge in [-0.1, -0.05) is 19.9 Å². The third-order valence-electron chi connectivity index (χ3n) is 2.60. The minimum Gasteiger partial charge on any atom is -0.325 e. The average Bonchev–Trinajstić information content (AvgIpc) is 2.81. The molecule has 2 rings (SSSR count). The smallest absolute Gasteiger partial charge is 0.236 e. The van der Waals surface area contributed by atoms with Crippen LogP contribution >= 0.6 is 23.1 Å². The lowest BCUT2D eigenvalue weighted by Crippen LogP contribution is -2.33. The highest BCUT2D eigenvalue weighted by atomic mass is 32.2. The molecule has 1 aliphatic heterocycles. The Labute approximate surface area is 105 Å².